The summed E-state index contributed by atoms with van der Waals surface area (Å²) in [7, 11) is 1.81. The lowest BCUT2D eigenvalue weighted by atomic mass is 10.2. The number of hydrogen-bond acceptors (Lipinski definition) is 3. The number of halogens is 5. The van der Waals surface area contributed by atoms with Crippen molar-refractivity contribution in [3.05, 3.63) is 44.6 Å². The number of anilines is 2. The number of nitrogens with zero attached hydrogens (tertiary/aromatic N) is 1. The summed E-state index contributed by atoms with van der Waals surface area (Å²) in [6.45, 7) is 0.571. The fourth-order valence-electron chi connectivity index (χ4n) is 1.80. The Hall–Kier alpha value is -1.44. The Morgan fingerprint density at radius 1 is 1.26 bits per heavy atom. The summed E-state index contributed by atoms with van der Waals surface area (Å²) in [4.78, 5) is 13.8. The minimum Gasteiger partial charge on any atom is -0.369 e. The molecule has 23 heavy (non-hydrogen) atoms. The lowest BCUT2D eigenvalue weighted by Gasteiger charge is -2.19. The molecule has 0 aliphatic rings. The van der Waals surface area contributed by atoms with E-state index in [0.29, 0.717) is 16.6 Å². The van der Waals surface area contributed by atoms with Crippen molar-refractivity contribution in [2.45, 2.75) is 12.7 Å². The molecule has 0 spiro atoms. The standard InChI is InChI=1S/C14H11Cl2F3N2OS/c1-21(7-9-3-5-12(16)23-9)8-2-4-11(10(15)6-8)20-13(22)14(17,18)19/h2-6H,7H2,1H3,(H,20,22). The van der Waals surface area contributed by atoms with E-state index in [2.05, 4.69) is 0 Å². The Morgan fingerprint density at radius 2 is 1.96 bits per heavy atom. The van der Waals surface area contributed by atoms with Crippen LogP contribution in [0.5, 0.6) is 0 Å². The Labute approximate surface area is 144 Å². The highest BCUT2D eigenvalue weighted by Crippen LogP contribution is 2.30. The number of hydrogen-bond donors (Lipinski definition) is 1. The number of benzene rings is 1. The molecule has 1 N–H and O–H groups in total. The van der Waals surface area contributed by atoms with Gasteiger partial charge in [0.2, 0.25) is 0 Å². The maximum absolute atomic E-state index is 12.2. The van der Waals surface area contributed by atoms with Crippen LogP contribution in [0.15, 0.2) is 30.3 Å². The van der Waals surface area contributed by atoms with Crippen molar-refractivity contribution in [2.75, 3.05) is 17.3 Å². The molecule has 3 nitrogen and oxygen atoms in total. The van der Waals surface area contributed by atoms with Gasteiger partial charge in [-0.1, -0.05) is 23.2 Å². The smallest absolute Gasteiger partial charge is 0.369 e. The lowest BCUT2D eigenvalue weighted by Crippen LogP contribution is -2.30. The van der Waals surface area contributed by atoms with Gasteiger partial charge in [-0.15, -0.1) is 11.3 Å². The third kappa shape index (κ3) is 4.76. The topological polar surface area (TPSA) is 32.3 Å². The van der Waals surface area contributed by atoms with Crippen LogP contribution in [0.2, 0.25) is 9.36 Å². The van der Waals surface area contributed by atoms with Crippen LogP contribution in [0.3, 0.4) is 0 Å². The summed E-state index contributed by atoms with van der Waals surface area (Å²) in [6, 6.07) is 8.08. The van der Waals surface area contributed by atoms with E-state index < -0.39 is 12.1 Å². The first-order valence-electron chi connectivity index (χ1n) is 6.30. The summed E-state index contributed by atoms with van der Waals surface area (Å²) in [6.07, 6.45) is -4.96. The average molecular weight is 383 g/mol. The SMILES string of the molecule is CN(Cc1ccc(Cl)s1)c1ccc(NC(=O)C(F)(F)F)c(Cl)c1. The van der Waals surface area contributed by atoms with Crippen LogP contribution in [0, 0.1) is 0 Å². The Bertz CT molecular complexity index is 718. The predicted molar refractivity (Wildman–Crippen MR) is 87.6 cm³/mol. The van der Waals surface area contributed by atoms with Crippen LogP contribution in [0.1, 0.15) is 4.88 Å². The van der Waals surface area contributed by atoms with Gasteiger partial charge in [-0.2, -0.15) is 13.2 Å². The zero-order chi connectivity index (χ0) is 17.2. The van der Waals surface area contributed by atoms with Crippen molar-refractivity contribution in [1.82, 2.24) is 0 Å². The van der Waals surface area contributed by atoms with Crippen molar-refractivity contribution >= 4 is 51.8 Å². The molecule has 9 heteroatoms. The zero-order valence-corrected chi connectivity index (χ0v) is 14.1. The second kappa shape index (κ2) is 6.98. The quantitative estimate of drug-likeness (QED) is 0.788. The highest BCUT2D eigenvalue weighted by Gasteiger charge is 2.38. The Balaban J connectivity index is 2.10. The van der Waals surface area contributed by atoms with Crippen LogP contribution in [0.25, 0.3) is 0 Å². The normalized spacial score (nSPS) is 11.4. The third-order valence-electron chi connectivity index (χ3n) is 2.92. The molecule has 0 radical (unpaired) electrons. The molecule has 1 aromatic carbocycles. The molecule has 1 aromatic heterocycles. The van der Waals surface area contributed by atoms with Gasteiger partial charge in [-0.05, 0) is 30.3 Å². The van der Waals surface area contributed by atoms with Crippen molar-refractivity contribution in [3.63, 3.8) is 0 Å². The zero-order valence-electron chi connectivity index (χ0n) is 11.7. The number of carbonyl (C=O) groups is 1. The highest BCUT2D eigenvalue weighted by molar-refractivity contribution is 7.16. The maximum atomic E-state index is 12.2. The number of alkyl halides is 3. The van der Waals surface area contributed by atoms with E-state index in [1.165, 1.54) is 23.5 Å². The molecular formula is C14H11Cl2F3N2OS. The fourth-order valence-corrected chi connectivity index (χ4v) is 3.16. The maximum Gasteiger partial charge on any atom is 0.471 e. The van der Waals surface area contributed by atoms with Gasteiger partial charge in [0.15, 0.2) is 0 Å². The van der Waals surface area contributed by atoms with Gasteiger partial charge >= 0.3 is 12.1 Å². The van der Waals surface area contributed by atoms with Gasteiger partial charge in [0.25, 0.3) is 0 Å². The van der Waals surface area contributed by atoms with Crippen molar-refractivity contribution in [2.24, 2.45) is 0 Å². The van der Waals surface area contributed by atoms with Crippen LogP contribution in [-0.2, 0) is 11.3 Å². The van der Waals surface area contributed by atoms with E-state index in [1.807, 2.05) is 18.0 Å². The van der Waals surface area contributed by atoms with Crippen LogP contribution < -0.4 is 10.2 Å². The predicted octanol–water partition coefficient (Wildman–Crippen LogP) is 5.19. The lowest BCUT2D eigenvalue weighted by molar-refractivity contribution is -0.167. The third-order valence-corrected chi connectivity index (χ3v) is 4.45. The van der Waals surface area contributed by atoms with E-state index >= 15 is 0 Å². The summed E-state index contributed by atoms with van der Waals surface area (Å²) in [5.74, 6) is -2.06. The summed E-state index contributed by atoms with van der Waals surface area (Å²) in [5, 5.41) is 1.76. The molecular weight excluding hydrogens is 372 g/mol. The molecule has 0 aliphatic heterocycles. The van der Waals surface area contributed by atoms with Gasteiger partial charge in [0.1, 0.15) is 0 Å². The second-order valence-electron chi connectivity index (χ2n) is 4.68. The van der Waals surface area contributed by atoms with Gasteiger partial charge in [-0.25, -0.2) is 0 Å². The molecule has 0 unspecified atom stereocenters. The van der Waals surface area contributed by atoms with Crippen molar-refractivity contribution in [3.8, 4) is 0 Å². The van der Waals surface area contributed by atoms with E-state index in [1.54, 1.807) is 17.4 Å². The second-order valence-corrected chi connectivity index (χ2v) is 6.88. The van der Waals surface area contributed by atoms with Crippen molar-refractivity contribution < 1.29 is 18.0 Å². The molecule has 0 atom stereocenters. The van der Waals surface area contributed by atoms with Gasteiger partial charge in [-0.3, -0.25) is 4.79 Å². The van der Waals surface area contributed by atoms with Crippen LogP contribution >= 0.6 is 34.5 Å². The number of thiophene rings is 1. The molecule has 0 aliphatic carbocycles. The average Bonchev–Trinajstić information content (AvgIpc) is 2.85. The van der Waals surface area contributed by atoms with E-state index in [-0.39, 0.29) is 10.7 Å². The number of carbonyl (C=O) groups excluding carboxylic acids is 1. The monoisotopic (exact) mass is 382 g/mol. The van der Waals surface area contributed by atoms with Crippen LogP contribution in [0.4, 0.5) is 24.5 Å². The van der Waals surface area contributed by atoms with Gasteiger partial charge in [0.05, 0.1) is 21.6 Å². The summed E-state index contributed by atoms with van der Waals surface area (Å²) >= 11 is 13.3. The molecule has 0 saturated carbocycles. The number of nitrogens with one attached hydrogen (secondary N) is 1. The van der Waals surface area contributed by atoms with Crippen molar-refractivity contribution in [1.29, 1.82) is 0 Å². The Morgan fingerprint density at radius 3 is 2.48 bits per heavy atom. The molecule has 0 fully saturated rings. The highest BCUT2D eigenvalue weighted by atomic mass is 35.5. The number of rotatable bonds is 4. The minimum absolute atomic E-state index is 0.0242. The number of amides is 1. The Kier molecular flexibility index (Phi) is 5.44. The van der Waals surface area contributed by atoms with Gasteiger partial charge in [0, 0.05) is 17.6 Å². The fraction of sp³-hybridized carbons (Fsp3) is 0.214. The first-order chi connectivity index (χ1) is 10.7. The van der Waals surface area contributed by atoms with E-state index in [4.69, 9.17) is 23.2 Å². The molecule has 124 valence electrons. The summed E-state index contributed by atoms with van der Waals surface area (Å²) < 4.78 is 37.4. The van der Waals surface area contributed by atoms with E-state index in [0.717, 1.165) is 4.88 Å². The van der Waals surface area contributed by atoms with E-state index in [9.17, 15) is 18.0 Å². The molecule has 0 saturated heterocycles. The first kappa shape index (κ1) is 17.9. The molecule has 0 bridgehead atoms. The van der Waals surface area contributed by atoms with Crippen LogP contribution in [-0.4, -0.2) is 19.1 Å². The summed E-state index contributed by atoms with van der Waals surface area (Å²) in [5.41, 5.74) is 0.606. The molecule has 2 aromatic rings. The molecule has 2 rings (SSSR count). The molecule has 1 heterocycles. The largest absolute Gasteiger partial charge is 0.471 e. The minimum atomic E-state index is -4.96. The van der Waals surface area contributed by atoms with Gasteiger partial charge < -0.3 is 10.2 Å². The first-order valence-corrected chi connectivity index (χ1v) is 7.87. The molecule has 1 amide bonds.